The van der Waals surface area contributed by atoms with Crippen LogP contribution in [0.1, 0.15) is 37.8 Å². The summed E-state index contributed by atoms with van der Waals surface area (Å²) in [5.41, 5.74) is 14.5. The summed E-state index contributed by atoms with van der Waals surface area (Å²) in [6.07, 6.45) is 3.07. The average molecular weight is 387 g/mol. The molecule has 8 nitrogen and oxygen atoms in total. The molecule has 0 saturated carbocycles. The van der Waals surface area contributed by atoms with Crippen molar-refractivity contribution in [1.82, 2.24) is 26.6 Å². The Morgan fingerprint density at radius 2 is 2.11 bits per heavy atom. The molecule has 3 saturated heterocycles. The number of ether oxygens (including phenoxy) is 2. The van der Waals surface area contributed by atoms with E-state index in [2.05, 4.69) is 45.7 Å². The fourth-order valence-corrected chi connectivity index (χ4v) is 5.06. The molecule has 1 amide bonds. The second kappa shape index (κ2) is 7.51. The molecule has 3 fully saturated rings. The molecule has 5 unspecified atom stereocenters. The number of hydrogen-bond donors (Lipinski definition) is 4. The van der Waals surface area contributed by atoms with E-state index in [4.69, 9.17) is 9.47 Å². The minimum atomic E-state index is 0.0304. The maximum Gasteiger partial charge on any atom is 0.231 e. The van der Waals surface area contributed by atoms with E-state index < -0.39 is 0 Å². The van der Waals surface area contributed by atoms with Gasteiger partial charge in [-0.3, -0.25) is 21.1 Å². The number of nitrogens with zero attached hydrogens (tertiary/aromatic N) is 1. The second-order valence-corrected chi connectivity index (χ2v) is 8.25. The lowest BCUT2D eigenvalue weighted by molar-refractivity contribution is -0.137. The van der Waals surface area contributed by atoms with E-state index >= 15 is 0 Å². The summed E-state index contributed by atoms with van der Waals surface area (Å²) in [6.45, 7) is 4.76. The Balaban J connectivity index is 1.31. The Morgan fingerprint density at radius 1 is 1.21 bits per heavy atom. The van der Waals surface area contributed by atoms with Crippen molar-refractivity contribution in [2.45, 2.75) is 44.3 Å². The third-order valence-electron chi connectivity index (χ3n) is 6.59. The van der Waals surface area contributed by atoms with E-state index in [1.807, 2.05) is 6.07 Å². The Hall–Kier alpha value is -1.87. The predicted octanol–water partition coefficient (Wildman–Crippen LogP) is 0.674. The first-order chi connectivity index (χ1) is 13.7. The van der Waals surface area contributed by atoms with E-state index in [-0.39, 0.29) is 30.7 Å². The number of nitrogens with one attached hydrogen (secondary N) is 4. The summed E-state index contributed by atoms with van der Waals surface area (Å²) in [5, 5.41) is 0. The number of amides is 1. The highest BCUT2D eigenvalue weighted by Gasteiger charge is 2.44. The number of piperidine rings is 1. The number of hydrazine groups is 2. The normalized spacial score (nSPS) is 33.9. The van der Waals surface area contributed by atoms with Gasteiger partial charge in [-0.15, -0.1) is 0 Å². The van der Waals surface area contributed by atoms with Gasteiger partial charge in [0.05, 0.1) is 12.0 Å². The summed E-state index contributed by atoms with van der Waals surface area (Å²) in [7, 11) is 0. The molecule has 1 aromatic rings. The van der Waals surface area contributed by atoms with Gasteiger partial charge in [-0.2, -0.15) is 0 Å². The van der Waals surface area contributed by atoms with Crippen LogP contribution < -0.4 is 31.2 Å². The third-order valence-corrected chi connectivity index (χ3v) is 6.59. The van der Waals surface area contributed by atoms with Gasteiger partial charge < -0.3 is 14.4 Å². The Kier molecular flexibility index (Phi) is 4.88. The second-order valence-electron chi connectivity index (χ2n) is 8.25. The maximum atomic E-state index is 13.2. The highest BCUT2D eigenvalue weighted by Crippen LogP contribution is 2.39. The van der Waals surface area contributed by atoms with Crippen LogP contribution in [0.4, 0.5) is 0 Å². The predicted molar refractivity (Wildman–Crippen MR) is 103 cm³/mol. The highest BCUT2D eigenvalue weighted by atomic mass is 16.7. The van der Waals surface area contributed by atoms with Gasteiger partial charge in [-0.05, 0) is 30.5 Å². The van der Waals surface area contributed by atoms with Gasteiger partial charge in [0.15, 0.2) is 11.5 Å². The zero-order valence-electron chi connectivity index (χ0n) is 16.2. The average Bonchev–Trinajstić information content (AvgIpc) is 3.45. The van der Waals surface area contributed by atoms with Crippen LogP contribution in [0.3, 0.4) is 0 Å². The fraction of sp³-hybridized carbons (Fsp3) is 0.650. The van der Waals surface area contributed by atoms with E-state index in [9.17, 15) is 4.79 Å². The molecule has 4 aliphatic heterocycles. The smallest absolute Gasteiger partial charge is 0.231 e. The molecule has 0 bridgehead atoms. The van der Waals surface area contributed by atoms with Crippen molar-refractivity contribution in [2.24, 2.45) is 11.8 Å². The van der Waals surface area contributed by atoms with Crippen molar-refractivity contribution >= 4 is 5.91 Å². The molecule has 152 valence electrons. The standard InChI is InChI=1S/C20H29N5O3/c1-2-3-15-13(9-21-22-15)20(26)25-7-6-16-14(10-25)19(24-23-16)12-4-5-17-18(8-12)28-11-27-17/h4-5,8,13-16,19,21-24H,2-3,6-7,9-11H2,1H3. The molecule has 8 heteroatoms. The van der Waals surface area contributed by atoms with Gasteiger partial charge in [0, 0.05) is 37.6 Å². The van der Waals surface area contributed by atoms with Crippen LogP contribution >= 0.6 is 0 Å². The molecular formula is C20H29N5O3. The van der Waals surface area contributed by atoms with Crippen LogP contribution in [-0.4, -0.2) is 49.3 Å². The first-order valence-corrected chi connectivity index (χ1v) is 10.4. The molecule has 1 aromatic carbocycles. The van der Waals surface area contributed by atoms with Gasteiger partial charge >= 0.3 is 0 Å². The summed E-state index contributed by atoms with van der Waals surface area (Å²) in [4.78, 5) is 15.3. The van der Waals surface area contributed by atoms with Gasteiger partial charge in [0.25, 0.3) is 0 Å². The fourth-order valence-electron chi connectivity index (χ4n) is 5.06. The quantitative estimate of drug-likeness (QED) is 0.604. The lowest BCUT2D eigenvalue weighted by Crippen LogP contribution is -2.51. The van der Waals surface area contributed by atoms with Crippen LogP contribution in [0, 0.1) is 11.8 Å². The Morgan fingerprint density at radius 3 is 3.00 bits per heavy atom. The molecule has 0 aliphatic carbocycles. The van der Waals surface area contributed by atoms with Gasteiger partial charge in [-0.25, -0.2) is 5.43 Å². The Labute approximate surface area is 165 Å². The number of carbonyl (C=O) groups excluding carboxylic acids is 1. The molecule has 0 radical (unpaired) electrons. The van der Waals surface area contributed by atoms with Crippen molar-refractivity contribution in [3.8, 4) is 11.5 Å². The number of benzene rings is 1. The SMILES string of the molecule is CCCC1NNCC1C(=O)N1CCC2NNC(c3ccc4c(c3)OCO4)C2C1. The van der Waals surface area contributed by atoms with E-state index in [1.54, 1.807) is 0 Å². The lowest BCUT2D eigenvalue weighted by atomic mass is 9.84. The Bertz CT molecular complexity index is 745. The van der Waals surface area contributed by atoms with Crippen molar-refractivity contribution in [3.63, 3.8) is 0 Å². The van der Waals surface area contributed by atoms with Crippen molar-refractivity contribution in [3.05, 3.63) is 23.8 Å². The molecule has 5 rings (SSSR count). The molecule has 4 N–H and O–H groups in total. The summed E-state index contributed by atoms with van der Waals surface area (Å²) in [5.74, 6) is 2.26. The number of hydrogen-bond acceptors (Lipinski definition) is 7. The van der Waals surface area contributed by atoms with Crippen LogP contribution in [0.5, 0.6) is 11.5 Å². The molecule has 4 aliphatic rings. The zero-order chi connectivity index (χ0) is 19.1. The largest absolute Gasteiger partial charge is 0.454 e. The molecule has 4 heterocycles. The highest BCUT2D eigenvalue weighted by molar-refractivity contribution is 5.80. The first-order valence-electron chi connectivity index (χ1n) is 10.4. The van der Waals surface area contributed by atoms with Crippen LogP contribution in [-0.2, 0) is 4.79 Å². The van der Waals surface area contributed by atoms with Crippen LogP contribution in [0.15, 0.2) is 18.2 Å². The van der Waals surface area contributed by atoms with Crippen molar-refractivity contribution in [1.29, 1.82) is 0 Å². The topological polar surface area (TPSA) is 86.9 Å². The number of carbonyl (C=O) groups is 1. The lowest BCUT2D eigenvalue weighted by Gasteiger charge is -2.38. The van der Waals surface area contributed by atoms with Crippen molar-refractivity contribution in [2.75, 3.05) is 26.4 Å². The molecule has 28 heavy (non-hydrogen) atoms. The van der Waals surface area contributed by atoms with Crippen LogP contribution in [0.2, 0.25) is 0 Å². The number of rotatable bonds is 4. The summed E-state index contributed by atoms with van der Waals surface area (Å²) in [6, 6.07) is 6.90. The van der Waals surface area contributed by atoms with Crippen LogP contribution in [0.25, 0.3) is 0 Å². The van der Waals surface area contributed by atoms with Crippen molar-refractivity contribution < 1.29 is 14.3 Å². The molecule has 0 spiro atoms. The monoisotopic (exact) mass is 387 g/mol. The van der Waals surface area contributed by atoms with Gasteiger partial charge in [0.1, 0.15) is 0 Å². The number of fused-ring (bicyclic) bond motifs is 2. The maximum absolute atomic E-state index is 13.2. The summed E-state index contributed by atoms with van der Waals surface area (Å²) >= 11 is 0. The minimum Gasteiger partial charge on any atom is -0.454 e. The first kappa shape index (κ1) is 18.2. The minimum absolute atomic E-state index is 0.0304. The van der Waals surface area contributed by atoms with Gasteiger partial charge in [0.2, 0.25) is 12.7 Å². The third kappa shape index (κ3) is 3.14. The summed E-state index contributed by atoms with van der Waals surface area (Å²) < 4.78 is 11.0. The van der Waals surface area contributed by atoms with E-state index in [0.717, 1.165) is 50.4 Å². The van der Waals surface area contributed by atoms with E-state index in [0.29, 0.717) is 12.0 Å². The molecular weight excluding hydrogens is 358 g/mol. The number of likely N-dealkylation sites (tertiary alicyclic amines) is 1. The van der Waals surface area contributed by atoms with E-state index in [1.165, 1.54) is 5.56 Å². The molecule has 5 atom stereocenters. The zero-order valence-corrected chi connectivity index (χ0v) is 16.2. The molecule has 0 aromatic heterocycles. The van der Waals surface area contributed by atoms with Gasteiger partial charge in [-0.1, -0.05) is 19.4 Å².